The number of aliphatic carboxylic acids is 3. The van der Waals surface area contributed by atoms with Crippen LogP contribution in [0.4, 0.5) is 0 Å². The summed E-state index contributed by atoms with van der Waals surface area (Å²) in [6.45, 7) is 0. The van der Waals surface area contributed by atoms with Gasteiger partial charge in [-0.3, -0.25) is 9.97 Å². The van der Waals surface area contributed by atoms with Gasteiger partial charge in [-0.2, -0.15) is 0 Å². The molecule has 2 aromatic heterocycles. The van der Waals surface area contributed by atoms with Crippen LogP contribution in [0.25, 0.3) is 0 Å². The van der Waals surface area contributed by atoms with Crippen LogP contribution >= 0.6 is 0 Å². The second kappa shape index (κ2) is 15.0. The molecule has 0 bridgehead atoms. The Bertz CT molecular complexity index is 892. The molecule has 2 heterocycles. The summed E-state index contributed by atoms with van der Waals surface area (Å²) in [7, 11) is 0. The number of carbonyl (C=O) groups excluding carboxylic acids is 5. The molecule has 15 heteroatoms. The average molecular weight is 501 g/mol. The molecule has 0 aliphatic heterocycles. The van der Waals surface area contributed by atoms with Crippen LogP contribution in [0.2, 0.25) is 0 Å². The van der Waals surface area contributed by atoms with Crippen LogP contribution < -0.4 is 25.5 Å². The fourth-order valence-electron chi connectivity index (χ4n) is 1.66. The quantitative estimate of drug-likeness (QED) is 0.357. The van der Waals surface area contributed by atoms with Gasteiger partial charge >= 0.3 is 17.4 Å². The number of rotatable bonds is 7. The molecule has 0 aliphatic carbocycles. The van der Waals surface area contributed by atoms with Gasteiger partial charge in [0, 0.05) is 48.3 Å². The summed E-state index contributed by atoms with van der Waals surface area (Å²) in [5.74, 6) is -9.22. The van der Waals surface area contributed by atoms with Gasteiger partial charge in [-0.1, -0.05) is 12.1 Å². The number of pyridine rings is 2. The summed E-state index contributed by atoms with van der Waals surface area (Å²) in [5.41, 5.74) is -3.24. The van der Waals surface area contributed by atoms with Crippen molar-refractivity contribution in [3.63, 3.8) is 0 Å². The molecule has 0 fully saturated rings. The van der Waals surface area contributed by atoms with E-state index in [1.807, 2.05) is 0 Å². The van der Waals surface area contributed by atoms with Gasteiger partial charge in [-0.05, 0) is 12.1 Å². The van der Waals surface area contributed by atoms with Crippen LogP contribution in [0.15, 0.2) is 49.1 Å². The first-order valence-electron chi connectivity index (χ1n) is 8.08. The fourth-order valence-corrected chi connectivity index (χ4v) is 1.66. The molecule has 173 valence electrons. The van der Waals surface area contributed by atoms with Gasteiger partial charge in [-0.25, -0.2) is 0 Å². The van der Waals surface area contributed by atoms with Crippen LogP contribution in [0.1, 0.15) is 27.1 Å². The molecule has 2 rings (SSSR count). The Labute approximate surface area is 195 Å². The number of carboxylic acid groups (broad SMARTS) is 5. The van der Waals surface area contributed by atoms with Gasteiger partial charge in [0.1, 0.15) is 11.7 Å². The number of hydrogen-bond donors (Lipinski definition) is 2. The van der Waals surface area contributed by atoms with Crippen molar-refractivity contribution >= 4 is 29.8 Å². The zero-order chi connectivity index (χ0) is 24.9. The zero-order valence-electron chi connectivity index (χ0n) is 16.2. The first-order chi connectivity index (χ1) is 14.8. The van der Waals surface area contributed by atoms with Crippen LogP contribution in [0.3, 0.4) is 0 Å². The van der Waals surface area contributed by atoms with E-state index in [0.29, 0.717) is 0 Å². The van der Waals surface area contributed by atoms with Gasteiger partial charge in [0.2, 0.25) is 0 Å². The van der Waals surface area contributed by atoms with E-state index in [4.69, 9.17) is 10.2 Å². The number of nitrogens with zero attached hydrogens (tertiary/aromatic N) is 2. The monoisotopic (exact) mass is 501 g/mol. The topological polar surface area (TPSA) is 267 Å². The normalized spacial score (nSPS) is 11.9. The van der Waals surface area contributed by atoms with E-state index in [2.05, 4.69) is 9.97 Å². The third-order valence-corrected chi connectivity index (χ3v) is 3.24. The average Bonchev–Trinajstić information content (AvgIpc) is 2.74. The van der Waals surface area contributed by atoms with Gasteiger partial charge in [-0.15, -0.1) is 0 Å². The van der Waals surface area contributed by atoms with Crippen molar-refractivity contribution in [2.45, 2.75) is 18.1 Å². The summed E-state index contributed by atoms with van der Waals surface area (Å²) in [5, 5.41) is 67.8. The predicted octanol–water partition coefficient (Wildman–Crippen LogP) is -7.39. The number of aliphatic hydroxyl groups excluding tert-OH is 1. The van der Waals surface area contributed by atoms with E-state index in [1.165, 1.54) is 36.9 Å². The standard InChI is InChI=1S/2C6H5NO2.C6H8O8.Cr/c2*8-6(9)5-2-1-3-7-4-5;7-2(8)1-6(14,5(12)13)3(9)4(10)11;/h2*1-4H,(H,8,9);3,9,14H,1H2,(H,7,8)(H,10,11)(H,12,13);/q;;;+5/p-5. The fraction of sp³-hybridized carbons (Fsp3) is 0.167. The van der Waals surface area contributed by atoms with Gasteiger partial charge in [0.25, 0.3) is 0 Å². The third-order valence-electron chi connectivity index (χ3n) is 3.24. The molecule has 33 heavy (non-hydrogen) atoms. The summed E-state index contributed by atoms with van der Waals surface area (Å²) in [6, 6.07) is 5.96. The molecule has 2 unspecified atom stereocenters. The molecule has 0 saturated heterocycles. The van der Waals surface area contributed by atoms with Crippen molar-refractivity contribution < 1.29 is 77.1 Å². The number of carbonyl (C=O) groups is 5. The van der Waals surface area contributed by atoms with Crippen molar-refractivity contribution in [2.24, 2.45) is 0 Å². The SMILES string of the molecule is O=C([O-])CC(O)(C(=O)[O-])C(O)C(=O)[O-].O=C([O-])c1cccnc1.O=C([O-])c1cccnc1.[Cr+5]. The van der Waals surface area contributed by atoms with Crippen LogP contribution in [-0.2, 0) is 31.7 Å². The molecule has 0 saturated carbocycles. The van der Waals surface area contributed by atoms with Gasteiger partial charge in [0.05, 0.1) is 23.9 Å². The number of carboxylic acids is 5. The minimum Gasteiger partial charge on any atom is -0.550 e. The van der Waals surface area contributed by atoms with E-state index >= 15 is 0 Å². The summed E-state index contributed by atoms with van der Waals surface area (Å²) in [6.07, 6.45) is 0.971. The Balaban J connectivity index is 0. The Kier molecular flexibility index (Phi) is 14.2. The minimum atomic E-state index is -3.46. The summed E-state index contributed by atoms with van der Waals surface area (Å²) >= 11 is 0. The molecule has 2 N–H and O–H groups in total. The van der Waals surface area contributed by atoms with Crippen molar-refractivity contribution in [1.29, 1.82) is 0 Å². The Morgan fingerprint density at radius 3 is 1.42 bits per heavy atom. The Morgan fingerprint density at radius 1 is 0.848 bits per heavy atom. The number of aromatic carboxylic acids is 2. The summed E-state index contributed by atoms with van der Waals surface area (Å²) in [4.78, 5) is 57.4. The van der Waals surface area contributed by atoms with Gasteiger partial charge < -0.3 is 59.7 Å². The van der Waals surface area contributed by atoms with E-state index in [9.17, 15) is 49.5 Å². The molecule has 1 radical (unpaired) electrons. The maximum absolute atomic E-state index is 10.2. The van der Waals surface area contributed by atoms with E-state index in [-0.39, 0.29) is 28.5 Å². The van der Waals surface area contributed by atoms with Crippen molar-refractivity contribution in [1.82, 2.24) is 9.97 Å². The molecule has 2 aromatic rings. The van der Waals surface area contributed by atoms with Crippen molar-refractivity contribution in [3.8, 4) is 0 Å². The number of aromatic nitrogens is 2. The zero-order valence-corrected chi connectivity index (χ0v) is 17.5. The molecule has 2 atom stereocenters. The van der Waals surface area contributed by atoms with Crippen LogP contribution in [0, 0.1) is 0 Å². The molecule has 0 spiro atoms. The van der Waals surface area contributed by atoms with E-state index in [0.717, 1.165) is 0 Å². The molecule has 14 nitrogen and oxygen atoms in total. The molecule has 0 amide bonds. The van der Waals surface area contributed by atoms with E-state index in [1.54, 1.807) is 12.1 Å². The van der Waals surface area contributed by atoms with E-state index < -0.39 is 48.0 Å². The number of aliphatic hydroxyl groups is 2. The van der Waals surface area contributed by atoms with Crippen LogP contribution in [0.5, 0.6) is 0 Å². The Morgan fingerprint density at radius 2 is 1.24 bits per heavy atom. The smallest absolute Gasteiger partial charge is 0.550 e. The second-order valence-corrected chi connectivity index (χ2v) is 5.54. The largest absolute Gasteiger partial charge is 5.00 e. The maximum Gasteiger partial charge on any atom is 5.00 e. The first kappa shape index (κ1) is 31.3. The third kappa shape index (κ3) is 11.3. The Hall–Kier alpha value is -3.90. The predicted molar refractivity (Wildman–Crippen MR) is 87.7 cm³/mol. The molecular formula is C18H13CrN2O12. The second-order valence-electron chi connectivity index (χ2n) is 5.54. The maximum atomic E-state index is 10.2. The summed E-state index contributed by atoms with van der Waals surface area (Å²) < 4.78 is 0. The van der Waals surface area contributed by atoms with Gasteiger partial charge in [0.15, 0.2) is 0 Å². The first-order valence-corrected chi connectivity index (χ1v) is 8.08. The number of hydrogen-bond acceptors (Lipinski definition) is 14. The van der Waals surface area contributed by atoms with Crippen molar-refractivity contribution in [2.75, 3.05) is 0 Å². The van der Waals surface area contributed by atoms with Crippen molar-refractivity contribution in [3.05, 3.63) is 60.2 Å². The van der Waals surface area contributed by atoms with Crippen LogP contribution in [-0.4, -0.2) is 61.7 Å². The minimum absolute atomic E-state index is 0. The molecule has 0 aromatic carbocycles. The molecule has 0 aliphatic rings. The molecular weight excluding hydrogens is 488 g/mol.